The van der Waals surface area contributed by atoms with E-state index in [0.29, 0.717) is 22.8 Å². The average Bonchev–Trinajstić information content (AvgIpc) is 3.18. The molecule has 0 amide bonds. The van der Waals surface area contributed by atoms with E-state index in [1.54, 1.807) is 6.20 Å². The summed E-state index contributed by atoms with van der Waals surface area (Å²) in [5.41, 5.74) is 0.705. The Labute approximate surface area is 152 Å². The quantitative estimate of drug-likeness (QED) is 0.729. The molecule has 1 fully saturated rings. The number of nitrogens with zero attached hydrogens (tertiary/aromatic N) is 2. The molecule has 1 saturated carbocycles. The van der Waals surface area contributed by atoms with Gasteiger partial charge in [0, 0.05) is 11.6 Å². The Morgan fingerprint density at radius 2 is 2.08 bits per heavy atom. The van der Waals surface area contributed by atoms with Crippen LogP contribution in [0.15, 0.2) is 30.5 Å². The van der Waals surface area contributed by atoms with Crippen LogP contribution in [0.4, 0.5) is 11.8 Å². The van der Waals surface area contributed by atoms with Crippen molar-refractivity contribution in [3.63, 3.8) is 0 Å². The first-order valence-electron chi connectivity index (χ1n) is 8.58. The van der Waals surface area contributed by atoms with Gasteiger partial charge in [-0.15, -0.1) is 0 Å². The molecule has 25 heavy (non-hydrogen) atoms. The van der Waals surface area contributed by atoms with Crippen LogP contribution in [0.3, 0.4) is 0 Å². The number of rotatable bonds is 4. The van der Waals surface area contributed by atoms with Gasteiger partial charge in [-0.05, 0) is 25.2 Å². The van der Waals surface area contributed by atoms with Gasteiger partial charge in [0.05, 0.1) is 6.20 Å². The van der Waals surface area contributed by atoms with Gasteiger partial charge in [0.15, 0.2) is 11.5 Å². The maximum absolute atomic E-state index is 10.1. The number of nitrogens with one attached hydrogen (secondary N) is 2. The predicted octanol–water partition coefficient (Wildman–Crippen LogP) is 2.49. The summed E-state index contributed by atoms with van der Waals surface area (Å²) in [4.78, 5) is 8.78. The molecule has 2 heterocycles. The van der Waals surface area contributed by atoms with E-state index < -0.39 is 12.8 Å². The zero-order valence-electron chi connectivity index (χ0n) is 14.0. The Kier molecular flexibility index (Phi) is 4.31. The van der Waals surface area contributed by atoms with Crippen molar-refractivity contribution in [2.24, 2.45) is 0 Å². The van der Waals surface area contributed by atoms with E-state index in [0.717, 1.165) is 23.9 Å². The van der Waals surface area contributed by atoms with Gasteiger partial charge >= 0.3 is 7.12 Å². The fourth-order valence-corrected chi connectivity index (χ4v) is 3.74. The van der Waals surface area contributed by atoms with Crippen LogP contribution < -0.4 is 16.1 Å². The van der Waals surface area contributed by atoms with Gasteiger partial charge < -0.3 is 20.3 Å². The summed E-state index contributed by atoms with van der Waals surface area (Å²) in [5.74, 6) is 1.03. The van der Waals surface area contributed by atoms with Crippen LogP contribution in [-0.4, -0.2) is 28.2 Å². The maximum atomic E-state index is 10.1. The number of halogens is 1. The minimum Gasteiger partial charge on any atom is -0.423 e. The summed E-state index contributed by atoms with van der Waals surface area (Å²) in [6.07, 6.45) is 6.29. The van der Waals surface area contributed by atoms with Crippen LogP contribution in [-0.2, 0) is 10.4 Å². The van der Waals surface area contributed by atoms with E-state index in [4.69, 9.17) is 16.3 Å². The van der Waals surface area contributed by atoms with Crippen molar-refractivity contribution in [1.82, 2.24) is 9.97 Å². The lowest BCUT2D eigenvalue weighted by Crippen LogP contribution is -2.35. The molecule has 4 rings (SSSR count). The van der Waals surface area contributed by atoms with E-state index in [1.807, 2.05) is 31.2 Å². The summed E-state index contributed by atoms with van der Waals surface area (Å²) in [6, 6.07) is 7.96. The van der Waals surface area contributed by atoms with E-state index in [2.05, 4.69) is 20.6 Å². The molecule has 1 atom stereocenters. The zero-order valence-corrected chi connectivity index (χ0v) is 14.8. The molecule has 2 aromatic rings. The normalized spacial score (nSPS) is 22.9. The highest BCUT2D eigenvalue weighted by Gasteiger charge is 2.44. The molecule has 8 heteroatoms. The first kappa shape index (κ1) is 16.6. The van der Waals surface area contributed by atoms with Gasteiger partial charge in [0.1, 0.15) is 5.02 Å². The number of aromatic nitrogens is 2. The third-order valence-electron chi connectivity index (χ3n) is 4.88. The Morgan fingerprint density at radius 3 is 2.88 bits per heavy atom. The molecule has 130 valence electrons. The van der Waals surface area contributed by atoms with Crippen LogP contribution in [0.2, 0.25) is 5.02 Å². The summed E-state index contributed by atoms with van der Waals surface area (Å²) >= 11 is 6.24. The zero-order chi connectivity index (χ0) is 17.4. The van der Waals surface area contributed by atoms with Gasteiger partial charge in [-0.2, -0.15) is 4.98 Å². The monoisotopic (exact) mass is 358 g/mol. The van der Waals surface area contributed by atoms with E-state index in [1.165, 1.54) is 12.8 Å². The van der Waals surface area contributed by atoms with Crippen LogP contribution in [0.25, 0.3) is 0 Å². The lowest BCUT2D eigenvalue weighted by Gasteiger charge is -2.27. The lowest BCUT2D eigenvalue weighted by molar-refractivity contribution is 0.109. The Balaban J connectivity index is 1.58. The smallest absolute Gasteiger partial charge is 0.423 e. The molecule has 1 aromatic heterocycles. The minimum absolute atomic E-state index is 0.399. The Hall–Kier alpha value is -1.83. The number of fused-ring (bicyclic) bond motifs is 1. The van der Waals surface area contributed by atoms with Crippen molar-refractivity contribution in [3.8, 4) is 0 Å². The van der Waals surface area contributed by atoms with E-state index in [9.17, 15) is 5.02 Å². The molecule has 0 radical (unpaired) electrons. The molecular formula is C17H20BClN4O2. The third-order valence-corrected chi connectivity index (χ3v) is 5.16. The van der Waals surface area contributed by atoms with Crippen molar-refractivity contribution in [2.45, 2.75) is 44.4 Å². The van der Waals surface area contributed by atoms with Crippen LogP contribution >= 0.6 is 11.6 Å². The molecule has 0 spiro atoms. The summed E-state index contributed by atoms with van der Waals surface area (Å²) in [7, 11) is -0.975. The molecule has 0 bridgehead atoms. The highest BCUT2D eigenvalue weighted by atomic mass is 35.5. The van der Waals surface area contributed by atoms with Crippen LogP contribution in [0, 0.1) is 0 Å². The highest BCUT2D eigenvalue weighted by Crippen LogP contribution is 2.32. The minimum atomic E-state index is -0.975. The van der Waals surface area contributed by atoms with Crippen molar-refractivity contribution in [3.05, 3.63) is 41.0 Å². The number of anilines is 2. The first-order chi connectivity index (χ1) is 12.0. The molecule has 0 saturated heterocycles. The number of hydrogen-bond donors (Lipinski definition) is 3. The second-order valence-corrected chi connectivity index (χ2v) is 7.14. The first-order valence-corrected chi connectivity index (χ1v) is 8.95. The molecular weight excluding hydrogens is 338 g/mol. The lowest BCUT2D eigenvalue weighted by atomic mass is 9.79. The molecule has 1 aromatic carbocycles. The van der Waals surface area contributed by atoms with Gasteiger partial charge in [-0.3, -0.25) is 0 Å². The topological polar surface area (TPSA) is 79.3 Å². The molecule has 2 aliphatic rings. The average molecular weight is 359 g/mol. The fourth-order valence-electron chi connectivity index (χ4n) is 3.60. The largest absolute Gasteiger partial charge is 0.493 e. The third kappa shape index (κ3) is 3.19. The van der Waals surface area contributed by atoms with E-state index >= 15 is 0 Å². The molecule has 6 nitrogen and oxygen atoms in total. The standard InChI is InChI=1S/C17H20BClN4O2/c1-17(12-8-4-5-9-13(12)18(24)25-17)23-16-20-10-14(19)15(22-16)21-11-6-2-3-7-11/h4-5,8-11,24H,2-3,6-7H2,1H3,(H2,20,21,22,23). The summed E-state index contributed by atoms with van der Waals surface area (Å²) in [6.45, 7) is 1.85. The molecule has 1 aliphatic carbocycles. The number of benzene rings is 1. The second-order valence-electron chi connectivity index (χ2n) is 6.73. The van der Waals surface area contributed by atoms with Crippen molar-refractivity contribution in [1.29, 1.82) is 0 Å². The summed E-state index contributed by atoms with van der Waals surface area (Å²) in [5, 5.41) is 17.2. The predicted molar refractivity (Wildman–Crippen MR) is 99.0 cm³/mol. The molecule has 1 aliphatic heterocycles. The van der Waals surface area contributed by atoms with Crippen molar-refractivity contribution >= 4 is 35.9 Å². The second kappa shape index (κ2) is 6.48. The van der Waals surface area contributed by atoms with Gasteiger partial charge in [0.2, 0.25) is 5.95 Å². The molecule has 1 unspecified atom stereocenters. The highest BCUT2D eigenvalue weighted by molar-refractivity contribution is 6.62. The molecule has 3 N–H and O–H groups in total. The fraction of sp³-hybridized carbons (Fsp3) is 0.412. The van der Waals surface area contributed by atoms with Gasteiger partial charge in [0.25, 0.3) is 0 Å². The Morgan fingerprint density at radius 1 is 1.32 bits per heavy atom. The van der Waals surface area contributed by atoms with Crippen LogP contribution in [0.1, 0.15) is 38.2 Å². The van der Waals surface area contributed by atoms with Gasteiger partial charge in [-0.25, -0.2) is 4.98 Å². The van der Waals surface area contributed by atoms with Crippen molar-refractivity contribution < 1.29 is 9.68 Å². The van der Waals surface area contributed by atoms with Crippen molar-refractivity contribution in [2.75, 3.05) is 10.6 Å². The van der Waals surface area contributed by atoms with E-state index in [-0.39, 0.29) is 0 Å². The Bertz CT molecular complexity index is 787. The van der Waals surface area contributed by atoms with Crippen LogP contribution in [0.5, 0.6) is 0 Å². The number of hydrogen-bond acceptors (Lipinski definition) is 6. The summed E-state index contributed by atoms with van der Waals surface area (Å²) < 4.78 is 5.74. The maximum Gasteiger partial charge on any atom is 0.493 e. The van der Waals surface area contributed by atoms with Gasteiger partial charge in [-0.1, -0.05) is 48.7 Å². The SMILES string of the molecule is CC1(Nc2ncc(Cl)c(NC3CCCC3)n2)OB(O)c2ccccc21.